The minimum Gasteiger partial charge on any atom is -0.451 e. The zero-order valence-corrected chi connectivity index (χ0v) is 16.1. The first kappa shape index (κ1) is 19.7. The third-order valence-electron chi connectivity index (χ3n) is 3.69. The number of thioether (sulfide) groups is 1. The zero-order valence-electron chi connectivity index (χ0n) is 13.7. The third-order valence-corrected chi connectivity index (χ3v) is 5.68. The second kappa shape index (κ2) is 9.25. The molecule has 1 unspecified atom stereocenters. The Labute approximate surface area is 168 Å². The molecule has 3 rings (SSSR count). The average molecular weight is 427 g/mol. The summed E-state index contributed by atoms with van der Waals surface area (Å²) in [5.74, 6) is 0.175. The normalized spacial score (nSPS) is 12.0. The van der Waals surface area contributed by atoms with Crippen LogP contribution in [-0.2, 0) is 15.3 Å². The molecule has 4 nitrogen and oxygen atoms in total. The summed E-state index contributed by atoms with van der Waals surface area (Å²) < 4.78 is 33.4. The van der Waals surface area contributed by atoms with Crippen molar-refractivity contribution < 1.29 is 17.8 Å². The van der Waals surface area contributed by atoms with Crippen LogP contribution in [0.15, 0.2) is 59.8 Å². The first-order valence-corrected chi connectivity index (χ1v) is 9.75. The average Bonchev–Trinajstić information content (AvgIpc) is 3.10. The van der Waals surface area contributed by atoms with E-state index in [4.69, 9.17) is 16.3 Å². The highest BCUT2D eigenvalue weighted by molar-refractivity contribution is 7.99. The van der Waals surface area contributed by atoms with E-state index in [1.54, 1.807) is 0 Å². The van der Waals surface area contributed by atoms with Gasteiger partial charge in [-0.3, -0.25) is 4.79 Å². The molecule has 0 bridgehead atoms. The Balaban J connectivity index is 1.90. The molecular formula is C18H13ClF2N2O2S2. The largest absolute Gasteiger partial charge is 0.451 e. The summed E-state index contributed by atoms with van der Waals surface area (Å²) in [6.07, 6.45) is 0.483. The summed E-state index contributed by atoms with van der Waals surface area (Å²) in [6, 6.07) is 13.6. The van der Waals surface area contributed by atoms with Crippen LogP contribution in [0.2, 0.25) is 5.02 Å². The maximum Gasteiger partial charge on any atom is 0.294 e. The monoisotopic (exact) mass is 426 g/mol. The van der Waals surface area contributed by atoms with E-state index in [1.807, 2.05) is 30.3 Å². The third kappa shape index (κ3) is 4.63. The highest BCUT2D eigenvalue weighted by atomic mass is 35.5. The summed E-state index contributed by atoms with van der Waals surface area (Å²) in [7, 11) is 0. The number of halogens is 3. The minimum atomic E-state index is -1.02. The lowest BCUT2D eigenvalue weighted by Gasteiger charge is -2.16. The van der Waals surface area contributed by atoms with Crippen molar-refractivity contribution in [3.05, 3.63) is 82.5 Å². The quantitative estimate of drug-likeness (QED) is 0.346. The Morgan fingerprint density at radius 3 is 2.70 bits per heavy atom. The molecule has 3 aromatic rings. The molecule has 0 aliphatic heterocycles. The van der Waals surface area contributed by atoms with Crippen molar-refractivity contribution in [3.8, 4) is 0 Å². The van der Waals surface area contributed by atoms with Gasteiger partial charge in [-0.15, -0.1) is 15.6 Å². The lowest BCUT2D eigenvalue weighted by molar-refractivity contribution is -0.132. The molecule has 0 saturated heterocycles. The van der Waals surface area contributed by atoms with Crippen LogP contribution >= 0.6 is 35.7 Å². The number of hydrogen-bond donors (Lipinski definition) is 0. The molecule has 1 aromatic heterocycles. The molecule has 140 valence electrons. The van der Waals surface area contributed by atoms with Crippen LogP contribution in [0.3, 0.4) is 0 Å². The second-order valence-electron chi connectivity index (χ2n) is 5.38. The number of carbonyl (C=O) groups excluding carboxylic acids is 1. The predicted molar refractivity (Wildman–Crippen MR) is 103 cm³/mol. The molecule has 1 heterocycles. The van der Waals surface area contributed by atoms with Gasteiger partial charge >= 0.3 is 0 Å². The maximum absolute atomic E-state index is 13.7. The number of benzene rings is 2. The SMILES string of the molecule is O=COC(c1ccc(F)c(Cl)c1)c1ncc(SCc2ccccc2)n1SF. The number of imidazole rings is 1. The second-order valence-corrected chi connectivity index (χ2v) is 7.28. The highest BCUT2D eigenvalue weighted by Crippen LogP contribution is 2.34. The van der Waals surface area contributed by atoms with Crippen molar-refractivity contribution in [1.82, 2.24) is 8.96 Å². The molecule has 0 N–H and O–H groups in total. The molecule has 2 aromatic carbocycles. The van der Waals surface area contributed by atoms with Crippen molar-refractivity contribution in [1.29, 1.82) is 0 Å². The summed E-state index contributed by atoms with van der Waals surface area (Å²) in [6.45, 7) is 0.237. The topological polar surface area (TPSA) is 44.1 Å². The number of rotatable bonds is 8. The Morgan fingerprint density at radius 2 is 2.04 bits per heavy atom. The van der Waals surface area contributed by atoms with Crippen molar-refractivity contribution >= 4 is 42.2 Å². The highest BCUT2D eigenvalue weighted by Gasteiger charge is 2.25. The molecule has 0 aliphatic rings. The predicted octanol–water partition coefficient (Wildman–Crippen LogP) is 5.61. The number of nitrogens with zero attached hydrogens (tertiary/aromatic N) is 2. The number of aromatic nitrogens is 2. The number of hydrogen-bond acceptors (Lipinski definition) is 5. The van der Waals surface area contributed by atoms with Crippen LogP contribution in [0.25, 0.3) is 0 Å². The first-order valence-electron chi connectivity index (χ1n) is 7.71. The molecule has 1 atom stereocenters. The fourth-order valence-electron chi connectivity index (χ4n) is 2.43. The molecule has 9 heteroatoms. The molecular weight excluding hydrogens is 414 g/mol. The van der Waals surface area contributed by atoms with E-state index in [2.05, 4.69) is 4.98 Å². The van der Waals surface area contributed by atoms with Crippen LogP contribution in [0.4, 0.5) is 8.28 Å². The van der Waals surface area contributed by atoms with Crippen LogP contribution in [0.1, 0.15) is 23.1 Å². The Kier molecular flexibility index (Phi) is 6.76. The van der Waals surface area contributed by atoms with Gasteiger partial charge in [0.05, 0.1) is 11.2 Å². The molecule has 0 aliphatic carbocycles. The van der Waals surface area contributed by atoms with Gasteiger partial charge in [0.15, 0.2) is 24.3 Å². The minimum absolute atomic E-state index is 0.0496. The molecule has 0 spiro atoms. The summed E-state index contributed by atoms with van der Waals surface area (Å²) in [4.78, 5) is 15.2. The molecule has 27 heavy (non-hydrogen) atoms. The summed E-state index contributed by atoms with van der Waals surface area (Å²) >= 11 is 7.15. The van der Waals surface area contributed by atoms with Crippen LogP contribution < -0.4 is 0 Å². The standard InChI is InChI=1S/C18H13ClF2N2O2S2/c19-14-8-13(6-7-15(14)20)17(25-11-24)18-22-9-16(23(18)27-21)26-10-12-4-2-1-3-5-12/h1-9,11,17H,10H2. The smallest absolute Gasteiger partial charge is 0.294 e. The van der Waals surface area contributed by atoms with E-state index in [-0.39, 0.29) is 29.7 Å². The summed E-state index contributed by atoms with van der Waals surface area (Å²) in [5, 5.41) is 0.422. The van der Waals surface area contributed by atoms with Crippen molar-refractivity contribution in [2.75, 3.05) is 0 Å². The van der Waals surface area contributed by atoms with Gasteiger partial charge < -0.3 is 4.74 Å². The van der Waals surface area contributed by atoms with Crippen molar-refractivity contribution in [2.45, 2.75) is 16.9 Å². The van der Waals surface area contributed by atoms with Gasteiger partial charge in [-0.1, -0.05) is 48.0 Å². The molecule has 0 saturated carbocycles. The van der Waals surface area contributed by atoms with E-state index in [0.29, 0.717) is 16.3 Å². The molecule has 0 radical (unpaired) electrons. The lowest BCUT2D eigenvalue weighted by Crippen LogP contribution is -2.10. The van der Waals surface area contributed by atoms with Gasteiger partial charge in [0.25, 0.3) is 6.47 Å². The Morgan fingerprint density at radius 1 is 1.26 bits per heavy atom. The van der Waals surface area contributed by atoms with Crippen LogP contribution in [0.5, 0.6) is 0 Å². The molecule has 0 amide bonds. The van der Waals surface area contributed by atoms with Gasteiger partial charge in [-0.25, -0.2) is 13.3 Å². The zero-order chi connectivity index (χ0) is 19.2. The van der Waals surface area contributed by atoms with E-state index < -0.39 is 11.9 Å². The van der Waals surface area contributed by atoms with Gasteiger partial charge in [-0.05, 0) is 17.7 Å². The van der Waals surface area contributed by atoms with Gasteiger partial charge in [0, 0.05) is 11.3 Å². The van der Waals surface area contributed by atoms with Crippen molar-refractivity contribution in [2.24, 2.45) is 0 Å². The number of carbonyl (C=O) groups is 1. The first-order chi connectivity index (χ1) is 13.1. The Bertz CT molecular complexity index is 925. The van der Waals surface area contributed by atoms with Crippen molar-refractivity contribution in [3.63, 3.8) is 0 Å². The Hall–Kier alpha value is -2.03. The summed E-state index contributed by atoms with van der Waals surface area (Å²) in [5.41, 5.74) is 1.46. The fraction of sp³-hybridized carbons (Fsp3) is 0.111. The van der Waals surface area contributed by atoms with Crippen LogP contribution in [-0.4, -0.2) is 15.4 Å². The lowest BCUT2D eigenvalue weighted by atomic mass is 10.1. The van der Waals surface area contributed by atoms with Gasteiger partial charge in [0.1, 0.15) is 10.8 Å². The van der Waals surface area contributed by atoms with Gasteiger partial charge in [0.2, 0.25) is 0 Å². The van der Waals surface area contributed by atoms with E-state index in [0.717, 1.165) is 11.6 Å². The van der Waals surface area contributed by atoms with Crippen LogP contribution in [0, 0.1) is 5.82 Å². The van der Waals surface area contributed by atoms with Gasteiger partial charge in [-0.2, -0.15) is 0 Å². The number of ether oxygens (including phenoxy) is 1. The molecule has 0 fully saturated rings. The van der Waals surface area contributed by atoms with E-state index in [9.17, 15) is 13.1 Å². The van der Waals surface area contributed by atoms with E-state index >= 15 is 0 Å². The maximum atomic E-state index is 13.7. The van der Waals surface area contributed by atoms with E-state index in [1.165, 1.54) is 34.1 Å². The fourth-order valence-corrected chi connectivity index (χ4v) is 4.03.